The highest BCUT2D eigenvalue weighted by Crippen LogP contribution is 2.11. The van der Waals surface area contributed by atoms with Gasteiger partial charge in [0.2, 0.25) is 0 Å². The highest BCUT2D eigenvalue weighted by atomic mass is 16.5. The van der Waals surface area contributed by atoms with Gasteiger partial charge in [0.1, 0.15) is 0 Å². The first kappa shape index (κ1) is 19.2. The van der Waals surface area contributed by atoms with Gasteiger partial charge in [0, 0.05) is 6.61 Å². The van der Waals surface area contributed by atoms with Crippen LogP contribution in [0.3, 0.4) is 0 Å². The molecule has 116 valence electrons. The van der Waals surface area contributed by atoms with E-state index in [1.165, 1.54) is 64.2 Å². The summed E-state index contributed by atoms with van der Waals surface area (Å²) >= 11 is 0. The zero-order chi connectivity index (χ0) is 14.7. The molecular weight excluding hydrogens is 246 g/mol. The summed E-state index contributed by atoms with van der Waals surface area (Å²) in [6.45, 7) is 3.52. The smallest absolute Gasteiger partial charge is 0.0645 e. The summed E-state index contributed by atoms with van der Waals surface area (Å²) in [6, 6.07) is 2.09. The summed E-state index contributed by atoms with van der Waals surface area (Å²) in [4.78, 5) is 0. The summed E-state index contributed by atoms with van der Waals surface area (Å²) in [6.07, 6.45) is 19.7. The molecule has 2 heteroatoms. The van der Waals surface area contributed by atoms with Gasteiger partial charge in [-0.05, 0) is 26.2 Å². The fourth-order valence-corrected chi connectivity index (χ4v) is 2.27. The lowest BCUT2D eigenvalue weighted by Crippen LogP contribution is -1.95. The van der Waals surface area contributed by atoms with E-state index in [0.717, 1.165) is 13.0 Å². The molecule has 0 fully saturated rings. The number of hydrogen-bond donors (Lipinski definition) is 0. The van der Waals surface area contributed by atoms with E-state index >= 15 is 0 Å². The van der Waals surface area contributed by atoms with Crippen molar-refractivity contribution in [2.24, 2.45) is 0 Å². The van der Waals surface area contributed by atoms with Crippen LogP contribution in [0.5, 0.6) is 0 Å². The van der Waals surface area contributed by atoms with Crippen molar-refractivity contribution in [2.45, 2.75) is 84.0 Å². The molecule has 0 aliphatic rings. The lowest BCUT2D eigenvalue weighted by atomic mass is 10.1. The molecule has 0 heterocycles. The Morgan fingerprint density at radius 3 is 1.90 bits per heavy atom. The Morgan fingerprint density at radius 2 is 1.35 bits per heavy atom. The van der Waals surface area contributed by atoms with Crippen molar-refractivity contribution in [3.8, 4) is 6.07 Å². The van der Waals surface area contributed by atoms with E-state index in [0.29, 0.717) is 13.0 Å². The number of nitriles is 1. The first-order valence-corrected chi connectivity index (χ1v) is 8.47. The zero-order valence-electron chi connectivity index (χ0n) is 13.4. The largest absolute Gasteiger partial charge is 0.380 e. The lowest BCUT2D eigenvalue weighted by molar-refractivity contribution is 0.135. The maximum absolute atomic E-state index is 8.35. The predicted molar refractivity (Wildman–Crippen MR) is 86.7 cm³/mol. The Balaban J connectivity index is 2.94. The van der Waals surface area contributed by atoms with Gasteiger partial charge in [-0.25, -0.2) is 0 Å². The molecule has 0 N–H and O–H groups in total. The summed E-state index contributed by atoms with van der Waals surface area (Å²) in [5, 5.41) is 8.35. The van der Waals surface area contributed by atoms with Crippen LogP contribution in [0.4, 0.5) is 0 Å². The zero-order valence-corrected chi connectivity index (χ0v) is 13.4. The highest BCUT2D eigenvalue weighted by molar-refractivity contribution is 4.76. The average molecular weight is 279 g/mol. The topological polar surface area (TPSA) is 33.0 Å². The Bertz CT molecular complexity index is 242. The maximum atomic E-state index is 8.35. The van der Waals surface area contributed by atoms with Gasteiger partial charge in [-0.15, -0.1) is 0 Å². The van der Waals surface area contributed by atoms with E-state index in [1.54, 1.807) is 0 Å². The monoisotopic (exact) mass is 279 g/mol. The third-order valence-corrected chi connectivity index (χ3v) is 3.50. The van der Waals surface area contributed by atoms with Crippen molar-refractivity contribution < 1.29 is 4.74 Å². The van der Waals surface area contributed by atoms with E-state index in [9.17, 15) is 0 Å². The second kappa shape index (κ2) is 18.2. The number of unbranched alkanes of at least 4 members (excludes halogenated alkanes) is 10. The molecule has 0 aromatic carbocycles. The third kappa shape index (κ3) is 17.2. The molecule has 2 nitrogen and oxygen atoms in total. The average Bonchev–Trinajstić information content (AvgIpc) is 2.47. The van der Waals surface area contributed by atoms with Crippen molar-refractivity contribution in [1.29, 1.82) is 5.26 Å². The van der Waals surface area contributed by atoms with Crippen molar-refractivity contribution >= 4 is 0 Å². The van der Waals surface area contributed by atoms with Gasteiger partial charge in [0.15, 0.2) is 0 Å². The molecule has 0 aliphatic heterocycles. The standard InChI is InChI=1S/C18H33NO/c1-2-3-4-5-6-7-8-9-10-11-12-13-14-17-20-18-15-16-19/h2-3H,4-15,17-18H2,1H3/b3-2+. The van der Waals surface area contributed by atoms with E-state index in [-0.39, 0.29) is 0 Å². The second-order valence-corrected chi connectivity index (χ2v) is 5.41. The number of hydrogen-bond acceptors (Lipinski definition) is 2. The van der Waals surface area contributed by atoms with Crippen molar-refractivity contribution in [2.75, 3.05) is 13.2 Å². The molecular formula is C18H33NO. The van der Waals surface area contributed by atoms with Crippen LogP contribution in [0, 0.1) is 11.3 Å². The fourth-order valence-electron chi connectivity index (χ4n) is 2.27. The van der Waals surface area contributed by atoms with Gasteiger partial charge in [-0.1, -0.05) is 63.5 Å². The first-order valence-electron chi connectivity index (χ1n) is 8.47. The van der Waals surface area contributed by atoms with Crippen LogP contribution in [0.25, 0.3) is 0 Å². The Kier molecular flexibility index (Phi) is 17.5. The number of allylic oxidation sites excluding steroid dienone is 2. The van der Waals surface area contributed by atoms with Gasteiger partial charge in [0.05, 0.1) is 19.1 Å². The minimum atomic E-state index is 0.523. The van der Waals surface area contributed by atoms with E-state index in [2.05, 4.69) is 25.1 Å². The molecule has 0 aliphatic carbocycles. The van der Waals surface area contributed by atoms with E-state index < -0.39 is 0 Å². The van der Waals surface area contributed by atoms with Crippen LogP contribution in [0.1, 0.15) is 84.0 Å². The molecule has 0 radical (unpaired) electrons. The van der Waals surface area contributed by atoms with Gasteiger partial charge in [-0.3, -0.25) is 0 Å². The molecule has 0 amide bonds. The van der Waals surface area contributed by atoms with Crippen LogP contribution >= 0.6 is 0 Å². The van der Waals surface area contributed by atoms with Gasteiger partial charge < -0.3 is 4.74 Å². The summed E-state index contributed by atoms with van der Waals surface area (Å²) in [5.74, 6) is 0. The first-order chi connectivity index (χ1) is 9.91. The molecule has 0 saturated carbocycles. The number of nitrogens with zero attached hydrogens (tertiary/aromatic N) is 1. The minimum absolute atomic E-state index is 0.523. The highest BCUT2D eigenvalue weighted by Gasteiger charge is 1.93. The summed E-state index contributed by atoms with van der Waals surface area (Å²) < 4.78 is 5.35. The Morgan fingerprint density at radius 1 is 0.800 bits per heavy atom. The molecule has 0 saturated heterocycles. The van der Waals surface area contributed by atoms with E-state index in [1.807, 2.05) is 0 Å². The molecule has 0 rings (SSSR count). The molecule has 0 aromatic heterocycles. The fraction of sp³-hybridized carbons (Fsp3) is 0.833. The molecule has 0 unspecified atom stereocenters. The third-order valence-electron chi connectivity index (χ3n) is 3.50. The van der Waals surface area contributed by atoms with Crippen LogP contribution in [0.15, 0.2) is 12.2 Å². The predicted octanol–water partition coefficient (Wildman–Crippen LogP) is 5.78. The summed E-state index contributed by atoms with van der Waals surface area (Å²) in [7, 11) is 0. The van der Waals surface area contributed by atoms with Crippen molar-refractivity contribution in [3.05, 3.63) is 12.2 Å². The van der Waals surface area contributed by atoms with Crippen molar-refractivity contribution in [3.63, 3.8) is 0 Å². The number of ether oxygens (including phenoxy) is 1. The van der Waals surface area contributed by atoms with Crippen molar-refractivity contribution in [1.82, 2.24) is 0 Å². The van der Waals surface area contributed by atoms with Gasteiger partial charge in [0.25, 0.3) is 0 Å². The molecule has 0 spiro atoms. The minimum Gasteiger partial charge on any atom is -0.380 e. The molecule has 0 atom stereocenters. The Hall–Kier alpha value is -0.810. The van der Waals surface area contributed by atoms with Crippen LogP contribution in [-0.4, -0.2) is 13.2 Å². The van der Waals surface area contributed by atoms with E-state index in [4.69, 9.17) is 10.00 Å². The maximum Gasteiger partial charge on any atom is 0.0645 e. The van der Waals surface area contributed by atoms with Gasteiger partial charge in [-0.2, -0.15) is 5.26 Å². The van der Waals surface area contributed by atoms with Gasteiger partial charge >= 0.3 is 0 Å². The van der Waals surface area contributed by atoms with Crippen LogP contribution in [-0.2, 0) is 4.74 Å². The summed E-state index contributed by atoms with van der Waals surface area (Å²) in [5.41, 5.74) is 0. The van der Waals surface area contributed by atoms with Crippen LogP contribution in [0.2, 0.25) is 0 Å². The Labute approximate surface area is 126 Å². The number of rotatable bonds is 15. The SMILES string of the molecule is C/C=C/CCCCCCCCCCCCOCCC#N. The molecule has 20 heavy (non-hydrogen) atoms. The lowest BCUT2D eigenvalue weighted by Gasteiger charge is -2.03. The quantitative estimate of drug-likeness (QED) is 0.281. The second-order valence-electron chi connectivity index (χ2n) is 5.41. The normalized spacial score (nSPS) is 11.0. The molecule has 0 aromatic rings. The molecule has 0 bridgehead atoms. The van der Waals surface area contributed by atoms with Crippen LogP contribution < -0.4 is 0 Å².